The van der Waals surface area contributed by atoms with Gasteiger partial charge in [-0.15, -0.1) is 0 Å². The quantitative estimate of drug-likeness (QED) is 0.471. The fourth-order valence-corrected chi connectivity index (χ4v) is 1.88. The molecule has 0 N–H and O–H groups in total. The van der Waals surface area contributed by atoms with Crippen molar-refractivity contribution in [3.05, 3.63) is 0 Å². The summed E-state index contributed by atoms with van der Waals surface area (Å²) in [6, 6.07) is 0. The molecule has 0 radical (unpaired) electrons. The molecule has 0 fully saturated rings. The van der Waals surface area contributed by atoms with Crippen LogP contribution in [-0.4, -0.2) is 37.2 Å². The molecule has 0 saturated heterocycles. The second kappa shape index (κ2) is 9.93. The third-order valence-electron chi connectivity index (χ3n) is 1.01. The van der Waals surface area contributed by atoms with Gasteiger partial charge in [0, 0.05) is 11.5 Å². The van der Waals surface area contributed by atoms with E-state index < -0.39 is 8.25 Å². The number of thioether (sulfide) groups is 2. The van der Waals surface area contributed by atoms with Crippen LogP contribution in [0.4, 0.5) is 0 Å². The van der Waals surface area contributed by atoms with E-state index in [9.17, 15) is 4.57 Å². The molecule has 0 bridgehead atoms. The summed E-state index contributed by atoms with van der Waals surface area (Å²) in [5, 5.41) is 0. The van der Waals surface area contributed by atoms with E-state index in [1.807, 2.05) is 12.5 Å². The molecule has 0 aliphatic heterocycles. The van der Waals surface area contributed by atoms with Crippen molar-refractivity contribution in [1.82, 2.24) is 0 Å². The van der Waals surface area contributed by atoms with Crippen molar-refractivity contribution in [3.8, 4) is 0 Å². The first-order chi connectivity index (χ1) is 5.81. The highest BCUT2D eigenvalue weighted by Crippen LogP contribution is 2.23. The Hall–Kier alpha value is 0.850. The Labute approximate surface area is 82.9 Å². The van der Waals surface area contributed by atoms with Gasteiger partial charge < -0.3 is 9.05 Å². The van der Waals surface area contributed by atoms with Gasteiger partial charge in [0.05, 0.1) is 13.2 Å². The van der Waals surface area contributed by atoms with Crippen molar-refractivity contribution in [2.45, 2.75) is 0 Å². The van der Waals surface area contributed by atoms with Gasteiger partial charge in [0.1, 0.15) is 0 Å². The molecule has 0 saturated carbocycles. The highest BCUT2D eigenvalue weighted by Gasteiger charge is 1.97. The largest absolute Gasteiger partial charge is 0.319 e. The summed E-state index contributed by atoms with van der Waals surface area (Å²) in [5.74, 6) is 1.73. The zero-order chi connectivity index (χ0) is 9.23. The van der Waals surface area contributed by atoms with Gasteiger partial charge in [0.25, 0.3) is 0 Å². The first kappa shape index (κ1) is 12.8. The third-order valence-corrected chi connectivity index (χ3v) is 3.04. The molecule has 74 valence electrons. The van der Waals surface area contributed by atoms with Crippen LogP contribution in [0.1, 0.15) is 0 Å². The van der Waals surface area contributed by atoms with Crippen LogP contribution in [0.3, 0.4) is 0 Å². The minimum Gasteiger partial charge on any atom is -0.310 e. The van der Waals surface area contributed by atoms with Crippen molar-refractivity contribution >= 4 is 31.8 Å². The maximum absolute atomic E-state index is 10.9. The average molecular weight is 230 g/mol. The highest BCUT2D eigenvalue weighted by molar-refractivity contribution is 7.98. The Morgan fingerprint density at radius 3 is 1.83 bits per heavy atom. The molecule has 0 rings (SSSR count). The van der Waals surface area contributed by atoms with Gasteiger partial charge in [-0.2, -0.15) is 23.5 Å². The number of rotatable bonds is 8. The maximum Gasteiger partial charge on any atom is 0.319 e. The van der Waals surface area contributed by atoms with Crippen LogP contribution in [0.15, 0.2) is 0 Å². The van der Waals surface area contributed by atoms with Crippen LogP contribution in [0.5, 0.6) is 0 Å². The van der Waals surface area contributed by atoms with Gasteiger partial charge in [-0.05, 0) is 12.5 Å². The molecule has 0 amide bonds. The molecule has 0 aliphatic carbocycles. The van der Waals surface area contributed by atoms with Crippen molar-refractivity contribution < 1.29 is 13.6 Å². The van der Waals surface area contributed by atoms with E-state index in [1.54, 1.807) is 23.5 Å². The summed E-state index contributed by atoms with van der Waals surface area (Å²) in [5.41, 5.74) is 0. The normalized spacial score (nSPS) is 10.9. The maximum atomic E-state index is 10.9. The molecule has 3 nitrogen and oxygen atoms in total. The molecule has 0 atom stereocenters. The molecule has 0 aliphatic rings. The molecule has 12 heavy (non-hydrogen) atoms. The molecule has 0 aromatic rings. The van der Waals surface area contributed by atoms with E-state index in [-0.39, 0.29) is 0 Å². The topological polar surface area (TPSA) is 35.5 Å². The van der Waals surface area contributed by atoms with E-state index in [0.29, 0.717) is 13.2 Å². The van der Waals surface area contributed by atoms with Crippen LogP contribution in [0.2, 0.25) is 0 Å². The lowest BCUT2D eigenvalue weighted by Crippen LogP contribution is -1.94. The summed E-state index contributed by atoms with van der Waals surface area (Å²) >= 11 is 3.33. The van der Waals surface area contributed by atoms with Gasteiger partial charge >= 0.3 is 8.25 Å². The fraction of sp³-hybridized carbons (Fsp3) is 1.00. The molecule has 0 spiro atoms. The smallest absolute Gasteiger partial charge is 0.310 e. The van der Waals surface area contributed by atoms with E-state index in [4.69, 9.17) is 9.05 Å². The van der Waals surface area contributed by atoms with Gasteiger partial charge in [0.15, 0.2) is 0 Å². The summed E-state index contributed by atoms with van der Waals surface area (Å²) in [7, 11) is -2.21. The van der Waals surface area contributed by atoms with Gasteiger partial charge in [-0.1, -0.05) is 0 Å². The zero-order valence-corrected chi connectivity index (χ0v) is 10.0. The second-order valence-electron chi connectivity index (χ2n) is 1.93. The lowest BCUT2D eigenvalue weighted by atomic mass is 10.9. The second-order valence-corrected chi connectivity index (χ2v) is 4.98. The number of hydrogen-bond donors (Lipinski definition) is 0. The molecular weight excluding hydrogens is 215 g/mol. The van der Waals surface area contributed by atoms with E-state index in [2.05, 4.69) is 0 Å². The van der Waals surface area contributed by atoms with Gasteiger partial charge in [0.2, 0.25) is 0 Å². The van der Waals surface area contributed by atoms with Crippen LogP contribution in [0, 0.1) is 0 Å². The summed E-state index contributed by atoms with van der Waals surface area (Å²) in [4.78, 5) is 0. The van der Waals surface area contributed by atoms with E-state index >= 15 is 0 Å². The molecule has 0 unspecified atom stereocenters. The van der Waals surface area contributed by atoms with Crippen molar-refractivity contribution in [2.24, 2.45) is 0 Å². The van der Waals surface area contributed by atoms with Crippen molar-refractivity contribution in [2.75, 3.05) is 37.2 Å². The first-order valence-electron chi connectivity index (χ1n) is 3.58. The van der Waals surface area contributed by atoms with Crippen LogP contribution in [0.25, 0.3) is 0 Å². The molecular formula is C6H15O3PS2. The highest BCUT2D eigenvalue weighted by atomic mass is 32.2. The molecule has 0 aromatic heterocycles. The van der Waals surface area contributed by atoms with E-state index in [0.717, 1.165) is 11.5 Å². The van der Waals surface area contributed by atoms with Crippen molar-refractivity contribution in [3.63, 3.8) is 0 Å². The van der Waals surface area contributed by atoms with E-state index in [1.165, 1.54) is 0 Å². The minimum absolute atomic E-state index is 0.512. The molecule has 0 heterocycles. The van der Waals surface area contributed by atoms with Crippen LogP contribution >= 0.6 is 31.8 Å². The lowest BCUT2D eigenvalue weighted by Gasteiger charge is -2.03. The first-order valence-corrected chi connectivity index (χ1v) is 7.60. The van der Waals surface area contributed by atoms with Gasteiger partial charge in [-0.25, -0.2) is 0 Å². The summed E-state index contributed by atoms with van der Waals surface area (Å²) in [6.07, 6.45) is 3.96. The standard InChI is InChI=1S/C6H15O3PS2/c1-11-5-3-8-10(7)9-4-6-12-2/h10H,3-6H2,1-2H3. The van der Waals surface area contributed by atoms with Crippen LogP contribution < -0.4 is 0 Å². The van der Waals surface area contributed by atoms with Crippen molar-refractivity contribution in [1.29, 1.82) is 0 Å². The predicted octanol–water partition coefficient (Wildman–Crippen LogP) is 2.14. The Kier molecular flexibility index (Phi) is 10.6. The Morgan fingerprint density at radius 1 is 1.08 bits per heavy atom. The monoisotopic (exact) mass is 230 g/mol. The Bertz CT molecular complexity index is 111. The summed E-state index contributed by atoms with van der Waals surface area (Å²) in [6.45, 7) is 1.02. The Balaban J connectivity index is 3.10. The third kappa shape index (κ3) is 8.94. The lowest BCUT2D eigenvalue weighted by molar-refractivity contribution is 0.246. The zero-order valence-electron chi connectivity index (χ0n) is 7.37. The Morgan fingerprint density at radius 2 is 1.50 bits per heavy atom. The number of hydrogen-bond acceptors (Lipinski definition) is 5. The van der Waals surface area contributed by atoms with Crippen LogP contribution in [-0.2, 0) is 13.6 Å². The fourth-order valence-electron chi connectivity index (χ4n) is 0.458. The SMILES string of the molecule is CSCCO[PH](=O)OCCSC. The molecule has 6 heteroatoms. The minimum atomic E-state index is -2.21. The summed E-state index contributed by atoms with van der Waals surface area (Å²) < 4.78 is 20.8. The predicted molar refractivity (Wildman–Crippen MR) is 57.7 cm³/mol. The molecule has 0 aromatic carbocycles. The van der Waals surface area contributed by atoms with Gasteiger partial charge in [-0.3, -0.25) is 4.57 Å². The average Bonchev–Trinajstić information content (AvgIpc) is 2.06.